The molecule has 2 aromatic rings. The standard InChI is InChI=1S/C12H13N5O2S/c1-6-5-7(2)15-11(9(6)10(13)17-19)20-12-14-4-3-8(18)16-12/h3-5,19H,1-2H3,(H2,13,17)(H,14,16,18). The Bertz CT molecular complexity index is 726. The normalized spacial score (nSPS) is 11.6. The summed E-state index contributed by atoms with van der Waals surface area (Å²) in [5, 5.41) is 12.8. The van der Waals surface area contributed by atoms with Crippen LogP contribution in [0.4, 0.5) is 0 Å². The third-order valence-electron chi connectivity index (χ3n) is 2.52. The minimum absolute atomic E-state index is 0.0317. The molecule has 0 saturated heterocycles. The number of hydrogen-bond acceptors (Lipinski definition) is 6. The van der Waals surface area contributed by atoms with Crippen molar-refractivity contribution in [3.8, 4) is 0 Å². The lowest BCUT2D eigenvalue weighted by Gasteiger charge is -2.10. The van der Waals surface area contributed by atoms with Gasteiger partial charge in [0, 0.05) is 18.0 Å². The van der Waals surface area contributed by atoms with Crippen LogP contribution in [0.3, 0.4) is 0 Å². The molecule has 0 aliphatic heterocycles. The number of amidine groups is 1. The van der Waals surface area contributed by atoms with Gasteiger partial charge in [0.2, 0.25) is 0 Å². The van der Waals surface area contributed by atoms with E-state index in [1.54, 1.807) is 0 Å². The summed E-state index contributed by atoms with van der Waals surface area (Å²) >= 11 is 1.15. The van der Waals surface area contributed by atoms with Crippen molar-refractivity contribution in [2.24, 2.45) is 10.9 Å². The van der Waals surface area contributed by atoms with Gasteiger partial charge in [-0.05, 0) is 37.2 Å². The summed E-state index contributed by atoms with van der Waals surface area (Å²) in [4.78, 5) is 22.3. The first-order chi connectivity index (χ1) is 9.51. The Morgan fingerprint density at radius 1 is 1.50 bits per heavy atom. The van der Waals surface area contributed by atoms with E-state index >= 15 is 0 Å². The summed E-state index contributed by atoms with van der Waals surface area (Å²) in [6.07, 6.45) is 1.41. The molecule has 0 atom stereocenters. The predicted molar refractivity (Wildman–Crippen MR) is 75.2 cm³/mol. The highest BCUT2D eigenvalue weighted by atomic mass is 32.2. The third kappa shape index (κ3) is 2.97. The molecule has 2 rings (SSSR count). The highest BCUT2D eigenvalue weighted by molar-refractivity contribution is 7.99. The van der Waals surface area contributed by atoms with Crippen LogP contribution < -0.4 is 11.3 Å². The Morgan fingerprint density at radius 2 is 2.25 bits per heavy atom. The van der Waals surface area contributed by atoms with Crippen LogP contribution >= 0.6 is 11.8 Å². The maximum Gasteiger partial charge on any atom is 0.251 e. The quantitative estimate of drug-likeness (QED) is 0.255. The van der Waals surface area contributed by atoms with E-state index in [0.717, 1.165) is 23.0 Å². The summed E-state index contributed by atoms with van der Waals surface area (Å²) in [6.45, 7) is 3.68. The summed E-state index contributed by atoms with van der Waals surface area (Å²) in [7, 11) is 0. The number of oxime groups is 1. The lowest BCUT2D eigenvalue weighted by molar-refractivity contribution is 0.318. The Hall–Kier alpha value is -2.35. The average Bonchev–Trinajstić information content (AvgIpc) is 2.37. The zero-order chi connectivity index (χ0) is 14.7. The van der Waals surface area contributed by atoms with Crippen molar-refractivity contribution >= 4 is 17.6 Å². The van der Waals surface area contributed by atoms with Crippen LogP contribution in [0, 0.1) is 13.8 Å². The zero-order valence-corrected chi connectivity index (χ0v) is 11.7. The van der Waals surface area contributed by atoms with Gasteiger partial charge in [-0.1, -0.05) is 5.16 Å². The molecule has 0 spiro atoms. The summed E-state index contributed by atoms with van der Waals surface area (Å²) < 4.78 is 0. The van der Waals surface area contributed by atoms with E-state index in [0.29, 0.717) is 15.7 Å². The van der Waals surface area contributed by atoms with Crippen LogP contribution in [0.15, 0.2) is 38.5 Å². The van der Waals surface area contributed by atoms with Gasteiger partial charge in [0.1, 0.15) is 5.03 Å². The fourth-order valence-electron chi connectivity index (χ4n) is 1.73. The molecule has 0 bridgehead atoms. The number of rotatable bonds is 3. The molecule has 4 N–H and O–H groups in total. The van der Waals surface area contributed by atoms with E-state index in [4.69, 9.17) is 10.9 Å². The molecule has 0 amide bonds. The monoisotopic (exact) mass is 291 g/mol. The zero-order valence-electron chi connectivity index (χ0n) is 10.9. The highest BCUT2D eigenvalue weighted by Gasteiger charge is 2.15. The van der Waals surface area contributed by atoms with Gasteiger partial charge in [0.25, 0.3) is 5.56 Å². The number of pyridine rings is 1. The molecular formula is C12H13N5O2S. The van der Waals surface area contributed by atoms with E-state index in [1.807, 2.05) is 19.9 Å². The molecule has 20 heavy (non-hydrogen) atoms. The second kappa shape index (κ2) is 5.74. The minimum atomic E-state index is -0.253. The largest absolute Gasteiger partial charge is 0.409 e. The van der Waals surface area contributed by atoms with E-state index in [1.165, 1.54) is 12.3 Å². The van der Waals surface area contributed by atoms with Crippen molar-refractivity contribution in [3.05, 3.63) is 45.5 Å². The number of aryl methyl sites for hydroxylation is 2. The van der Waals surface area contributed by atoms with Gasteiger partial charge in [-0.25, -0.2) is 9.97 Å². The SMILES string of the molecule is Cc1cc(C)c(C(N)=NO)c(Sc2nccc(=O)[nH]2)n1. The number of nitrogens with one attached hydrogen (secondary N) is 1. The first-order valence-corrected chi connectivity index (χ1v) is 6.52. The fraction of sp³-hybridized carbons (Fsp3) is 0.167. The molecule has 8 heteroatoms. The van der Waals surface area contributed by atoms with Crippen LogP contribution in [0.25, 0.3) is 0 Å². The topological polar surface area (TPSA) is 117 Å². The first kappa shape index (κ1) is 14.1. The van der Waals surface area contributed by atoms with Gasteiger partial charge in [-0.3, -0.25) is 4.79 Å². The number of nitrogens with zero attached hydrogens (tertiary/aromatic N) is 3. The second-order valence-electron chi connectivity index (χ2n) is 4.09. The van der Waals surface area contributed by atoms with Gasteiger partial charge < -0.3 is 15.9 Å². The van der Waals surface area contributed by atoms with Crippen molar-refractivity contribution in [2.75, 3.05) is 0 Å². The number of aromatic amines is 1. The van der Waals surface area contributed by atoms with Crippen molar-refractivity contribution < 1.29 is 5.21 Å². The van der Waals surface area contributed by atoms with Crippen LogP contribution in [-0.4, -0.2) is 26.0 Å². The number of nitrogens with two attached hydrogens (primary N) is 1. The maximum absolute atomic E-state index is 11.3. The summed E-state index contributed by atoms with van der Waals surface area (Å²) in [5.74, 6) is -0.0317. The van der Waals surface area contributed by atoms with Crippen LogP contribution in [0.2, 0.25) is 0 Å². The van der Waals surface area contributed by atoms with Gasteiger partial charge in [-0.2, -0.15) is 0 Å². The van der Waals surface area contributed by atoms with E-state index in [9.17, 15) is 4.79 Å². The maximum atomic E-state index is 11.3. The summed E-state index contributed by atoms with van der Waals surface area (Å²) in [5.41, 5.74) is 7.57. The van der Waals surface area contributed by atoms with E-state index < -0.39 is 0 Å². The van der Waals surface area contributed by atoms with E-state index in [2.05, 4.69) is 20.1 Å². The summed E-state index contributed by atoms with van der Waals surface area (Å²) in [6, 6.07) is 3.15. The van der Waals surface area contributed by atoms with Gasteiger partial charge in [0.15, 0.2) is 11.0 Å². The fourth-order valence-corrected chi connectivity index (χ4v) is 2.74. The van der Waals surface area contributed by atoms with Crippen molar-refractivity contribution in [3.63, 3.8) is 0 Å². The van der Waals surface area contributed by atoms with Gasteiger partial charge >= 0.3 is 0 Å². The third-order valence-corrected chi connectivity index (χ3v) is 3.41. The number of hydrogen-bond donors (Lipinski definition) is 3. The molecule has 2 aromatic heterocycles. The lowest BCUT2D eigenvalue weighted by Crippen LogP contribution is -2.17. The Kier molecular flexibility index (Phi) is 4.04. The lowest BCUT2D eigenvalue weighted by atomic mass is 10.1. The highest BCUT2D eigenvalue weighted by Crippen LogP contribution is 2.27. The Morgan fingerprint density at radius 3 is 2.90 bits per heavy atom. The van der Waals surface area contributed by atoms with Crippen LogP contribution in [0.1, 0.15) is 16.8 Å². The molecule has 0 radical (unpaired) electrons. The number of H-pyrrole nitrogens is 1. The first-order valence-electron chi connectivity index (χ1n) is 5.70. The molecule has 0 aliphatic carbocycles. The van der Waals surface area contributed by atoms with Crippen molar-refractivity contribution in [2.45, 2.75) is 24.0 Å². The molecule has 0 unspecified atom stereocenters. The van der Waals surface area contributed by atoms with Gasteiger partial charge in [-0.15, -0.1) is 0 Å². The molecule has 0 fully saturated rings. The Labute approximate surface area is 119 Å². The van der Waals surface area contributed by atoms with Crippen LogP contribution in [-0.2, 0) is 0 Å². The van der Waals surface area contributed by atoms with Crippen molar-refractivity contribution in [1.82, 2.24) is 15.0 Å². The molecule has 0 aromatic carbocycles. The molecule has 0 saturated carbocycles. The molecular weight excluding hydrogens is 278 g/mol. The van der Waals surface area contributed by atoms with Crippen LogP contribution in [0.5, 0.6) is 0 Å². The molecule has 2 heterocycles. The smallest absolute Gasteiger partial charge is 0.251 e. The number of aromatic nitrogens is 3. The second-order valence-corrected chi connectivity index (χ2v) is 5.06. The van der Waals surface area contributed by atoms with Crippen molar-refractivity contribution in [1.29, 1.82) is 0 Å². The minimum Gasteiger partial charge on any atom is -0.409 e. The van der Waals surface area contributed by atoms with E-state index in [-0.39, 0.29) is 11.4 Å². The Balaban J connectivity index is 2.53. The van der Waals surface area contributed by atoms with Gasteiger partial charge in [0.05, 0.1) is 5.56 Å². The molecule has 0 aliphatic rings. The average molecular weight is 291 g/mol. The molecule has 7 nitrogen and oxygen atoms in total. The molecule has 104 valence electrons. The predicted octanol–water partition coefficient (Wildman–Crippen LogP) is 1.03.